The number of para-hydroxylation sites is 1. The van der Waals surface area contributed by atoms with Crippen LogP contribution in [0.2, 0.25) is 0 Å². The summed E-state index contributed by atoms with van der Waals surface area (Å²) in [7, 11) is 2.50. The van der Waals surface area contributed by atoms with Gasteiger partial charge in [0.15, 0.2) is 5.92 Å². The molecule has 0 aliphatic rings. The second kappa shape index (κ2) is 9.51. The molecule has 0 bridgehead atoms. The lowest BCUT2D eigenvalue weighted by molar-refractivity contribution is -0.158. The van der Waals surface area contributed by atoms with Gasteiger partial charge in [0, 0.05) is 22.5 Å². The van der Waals surface area contributed by atoms with Crippen molar-refractivity contribution in [3.8, 4) is 5.75 Å². The van der Waals surface area contributed by atoms with Crippen LogP contribution < -0.4 is 4.74 Å². The lowest BCUT2D eigenvalue weighted by Crippen LogP contribution is -2.28. The topological polar surface area (TPSA) is 79.7 Å². The van der Waals surface area contributed by atoms with Gasteiger partial charge >= 0.3 is 11.9 Å². The number of fused-ring (bicyclic) bond motifs is 3. The minimum absolute atomic E-state index is 0.202. The molecule has 0 unspecified atom stereocenters. The summed E-state index contributed by atoms with van der Waals surface area (Å²) in [5.74, 6) is -1.50. The van der Waals surface area contributed by atoms with Gasteiger partial charge < -0.3 is 18.8 Å². The number of esters is 2. The number of ether oxygens (including phenoxy) is 3. The van der Waals surface area contributed by atoms with Crippen LogP contribution in [0.25, 0.3) is 21.8 Å². The molecular weight excluding hydrogens is 408 g/mol. The van der Waals surface area contributed by atoms with Crippen LogP contribution in [0.5, 0.6) is 5.75 Å². The number of hydrogen-bond donors (Lipinski definition) is 0. The number of carbonyl (C=O) groups excluding carboxylic acids is 2. The quantitative estimate of drug-likeness (QED) is 0.311. The van der Waals surface area contributed by atoms with Gasteiger partial charge in [-0.2, -0.15) is 0 Å². The van der Waals surface area contributed by atoms with E-state index >= 15 is 0 Å². The molecule has 0 saturated heterocycles. The van der Waals surface area contributed by atoms with Crippen molar-refractivity contribution in [3.63, 3.8) is 0 Å². The Kier molecular flexibility index (Phi) is 6.35. The van der Waals surface area contributed by atoms with E-state index in [4.69, 9.17) is 14.2 Å². The van der Waals surface area contributed by atoms with Gasteiger partial charge in [-0.05, 0) is 36.2 Å². The number of pyridine rings is 1. The van der Waals surface area contributed by atoms with E-state index in [2.05, 4.69) is 21.7 Å². The average molecular weight is 432 g/mol. The first-order valence-corrected chi connectivity index (χ1v) is 10.3. The predicted octanol–water partition coefficient (Wildman–Crippen LogP) is 3.77. The summed E-state index contributed by atoms with van der Waals surface area (Å²) in [5.41, 5.74) is 3.03. The van der Waals surface area contributed by atoms with Gasteiger partial charge in [-0.25, -0.2) is 0 Å². The minimum Gasteiger partial charge on any atom is -0.492 e. The lowest BCUT2D eigenvalue weighted by Gasteiger charge is -2.13. The highest BCUT2D eigenvalue weighted by Crippen LogP contribution is 2.28. The molecule has 2 heterocycles. The largest absolute Gasteiger partial charge is 0.492 e. The molecule has 2 aromatic heterocycles. The second-order valence-corrected chi connectivity index (χ2v) is 7.36. The van der Waals surface area contributed by atoms with Crippen molar-refractivity contribution in [2.75, 3.05) is 20.8 Å². The van der Waals surface area contributed by atoms with Crippen molar-refractivity contribution in [1.82, 2.24) is 9.55 Å². The Bertz CT molecular complexity index is 1180. The maximum atomic E-state index is 11.9. The minimum atomic E-state index is -0.985. The molecule has 4 aromatic rings. The Morgan fingerprint density at radius 2 is 1.59 bits per heavy atom. The highest BCUT2D eigenvalue weighted by atomic mass is 16.5. The molecule has 32 heavy (non-hydrogen) atoms. The predicted molar refractivity (Wildman–Crippen MR) is 120 cm³/mol. The molecule has 0 atom stereocenters. The monoisotopic (exact) mass is 432 g/mol. The third-order valence-electron chi connectivity index (χ3n) is 5.49. The Hall–Kier alpha value is -3.87. The first-order valence-electron chi connectivity index (χ1n) is 10.3. The molecule has 0 spiro atoms. The first-order chi connectivity index (χ1) is 15.6. The molecule has 0 radical (unpaired) electrons. The van der Waals surface area contributed by atoms with Gasteiger partial charge in [0.2, 0.25) is 0 Å². The number of benzene rings is 2. The molecule has 4 rings (SSSR count). The van der Waals surface area contributed by atoms with Crippen LogP contribution in [-0.2, 0) is 32.0 Å². The fourth-order valence-electron chi connectivity index (χ4n) is 3.90. The highest BCUT2D eigenvalue weighted by Gasteiger charge is 2.28. The summed E-state index contributed by atoms with van der Waals surface area (Å²) in [6.45, 7) is 1.15. The van der Waals surface area contributed by atoms with Gasteiger partial charge in [0.05, 0.1) is 32.5 Å². The van der Waals surface area contributed by atoms with E-state index in [0.29, 0.717) is 18.9 Å². The van der Waals surface area contributed by atoms with E-state index in [1.165, 1.54) is 25.0 Å². The van der Waals surface area contributed by atoms with Crippen molar-refractivity contribution in [1.29, 1.82) is 0 Å². The van der Waals surface area contributed by atoms with Crippen LogP contribution in [0.4, 0.5) is 0 Å². The van der Waals surface area contributed by atoms with E-state index in [1.807, 2.05) is 54.9 Å². The average Bonchev–Trinajstić information content (AvgIpc) is 3.16. The number of rotatable bonds is 8. The standard InChI is InChI=1S/C25H24N2O5/c1-30-24(28)21(25(29)31-2)15-17-7-9-18(10-8-17)32-14-13-27-22-6-4-3-5-19(22)20-11-12-26-16-23(20)27/h3-12,16,21H,13-15H2,1-2H3. The molecule has 0 N–H and O–H groups in total. The lowest BCUT2D eigenvalue weighted by atomic mass is 9.99. The zero-order valence-electron chi connectivity index (χ0n) is 18.0. The SMILES string of the molecule is COC(=O)C(Cc1ccc(OCCn2c3ccccc3c3ccncc32)cc1)C(=O)OC. The van der Waals surface area contributed by atoms with E-state index in [1.54, 1.807) is 0 Å². The molecule has 0 saturated carbocycles. The number of hydrogen-bond acceptors (Lipinski definition) is 6. The van der Waals surface area contributed by atoms with Crippen molar-refractivity contribution in [2.24, 2.45) is 5.92 Å². The Morgan fingerprint density at radius 1 is 0.906 bits per heavy atom. The molecular formula is C25H24N2O5. The van der Waals surface area contributed by atoms with Crippen molar-refractivity contribution in [2.45, 2.75) is 13.0 Å². The van der Waals surface area contributed by atoms with Crippen LogP contribution in [0, 0.1) is 5.92 Å². The van der Waals surface area contributed by atoms with Crippen LogP contribution in [0.3, 0.4) is 0 Å². The summed E-state index contributed by atoms with van der Waals surface area (Å²) < 4.78 is 17.6. The van der Waals surface area contributed by atoms with Gasteiger partial charge in [-0.1, -0.05) is 30.3 Å². The number of methoxy groups -OCH3 is 2. The first kappa shape index (κ1) is 21.4. The fourth-order valence-corrected chi connectivity index (χ4v) is 3.90. The number of carbonyl (C=O) groups is 2. The van der Waals surface area contributed by atoms with Crippen LogP contribution in [0.1, 0.15) is 5.56 Å². The van der Waals surface area contributed by atoms with Gasteiger partial charge in [0.25, 0.3) is 0 Å². The zero-order chi connectivity index (χ0) is 22.5. The van der Waals surface area contributed by atoms with E-state index in [0.717, 1.165) is 16.6 Å². The summed E-state index contributed by atoms with van der Waals surface area (Å²) >= 11 is 0. The highest BCUT2D eigenvalue weighted by molar-refractivity contribution is 6.07. The molecule has 7 heteroatoms. The van der Waals surface area contributed by atoms with Crippen LogP contribution in [0.15, 0.2) is 67.0 Å². The zero-order valence-corrected chi connectivity index (χ0v) is 18.0. The number of nitrogens with zero attached hydrogens (tertiary/aromatic N) is 2. The van der Waals surface area contributed by atoms with Gasteiger partial charge in [-0.3, -0.25) is 14.6 Å². The molecule has 0 aliphatic heterocycles. The summed E-state index contributed by atoms with van der Waals surface area (Å²) in [6, 6.07) is 17.6. The van der Waals surface area contributed by atoms with Crippen molar-refractivity contribution in [3.05, 3.63) is 72.6 Å². The van der Waals surface area contributed by atoms with Gasteiger partial charge in [-0.15, -0.1) is 0 Å². The summed E-state index contributed by atoms with van der Waals surface area (Å²) in [4.78, 5) is 28.0. The normalized spacial score (nSPS) is 11.1. The molecule has 0 amide bonds. The summed E-state index contributed by atoms with van der Waals surface area (Å²) in [5, 5.41) is 2.37. The van der Waals surface area contributed by atoms with E-state index < -0.39 is 17.9 Å². The van der Waals surface area contributed by atoms with Crippen molar-refractivity contribution < 1.29 is 23.8 Å². The third kappa shape index (κ3) is 4.27. The maximum Gasteiger partial charge on any atom is 0.320 e. The Balaban J connectivity index is 1.43. The molecule has 7 nitrogen and oxygen atoms in total. The van der Waals surface area contributed by atoms with Crippen LogP contribution >= 0.6 is 0 Å². The molecule has 0 aliphatic carbocycles. The van der Waals surface area contributed by atoms with Crippen molar-refractivity contribution >= 4 is 33.7 Å². The fraction of sp³-hybridized carbons (Fsp3) is 0.240. The Morgan fingerprint density at radius 3 is 2.31 bits per heavy atom. The van der Waals surface area contributed by atoms with E-state index in [9.17, 15) is 9.59 Å². The molecule has 0 fully saturated rings. The maximum absolute atomic E-state index is 11.9. The smallest absolute Gasteiger partial charge is 0.320 e. The Labute approximate surface area is 185 Å². The third-order valence-corrected chi connectivity index (χ3v) is 5.49. The number of aromatic nitrogens is 2. The molecule has 164 valence electrons. The van der Waals surface area contributed by atoms with Crippen LogP contribution in [-0.4, -0.2) is 42.3 Å². The van der Waals surface area contributed by atoms with E-state index in [-0.39, 0.29) is 6.42 Å². The summed E-state index contributed by atoms with van der Waals surface area (Å²) in [6.07, 6.45) is 3.89. The van der Waals surface area contributed by atoms with Gasteiger partial charge in [0.1, 0.15) is 12.4 Å². The molecule has 2 aromatic carbocycles. The second-order valence-electron chi connectivity index (χ2n) is 7.36.